The summed E-state index contributed by atoms with van der Waals surface area (Å²) in [7, 11) is 0. The molecule has 0 atom stereocenters. The Morgan fingerprint density at radius 2 is 1.66 bits per heavy atom. The zero-order valence-corrected chi connectivity index (χ0v) is 16.8. The van der Waals surface area contributed by atoms with Crippen molar-refractivity contribution in [3.8, 4) is 0 Å². The second kappa shape index (κ2) is 11.6. The Balaban J connectivity index is 1.91. The first kappa shape index (κ1) is 22.1. The minimum Gasteiger partial charge on any atom is -0.382 e. The van der Waals surface area contributed by atoms with Crippen LogP contribution in [-0.4, -0.2) is 37.5 Å². The fourth-order valence-corrected chi connectivity index (χ4v) is 2.55. The number of nitrogens with one attached hydrogen (secondary N) is 3. The second-order valence-corrected chi connectivity index (χ2v) is 6.47. The standard InChI is InChI=1S/C22H27N3O4/c1-3-29-14-6-13-23-21(27)22(28)25-19-8-5-4-7-18(19)20(26)24-15-17-11-9-16(2)10-12-17/h4-5,7-12H,3,6,13-15H2,1-2H3,(H,23,27)(H,24,26)(H,25,28). The van der Waals surface area contributed by atoms with E-state index in [1.807, 2.05) is 38.1 Å². The van der Waals surface area contributed by atoms with Gasteiger partial charge in [-0.05, 0) is 38.0 Å². The van der Waals surface area contributed by atoms with Crippen LogP contribution in [0.2, 0.25) is 0 Å². The summed E-state index contributed by atoms with van der Waals surface area (Å²) in [5.74, 6) is -1.91. The molecule has 7 nitrogen and oxygen atoms in total. The average molecular weight is 397 g/mol. The van der Waals surface area contributed by atoms with Crippen LogP contribution < -0.4 is 16.0 Å². The minimum atomic E-state index is -0.819. The van der Waals surface area contributed by atoms with Crippen LogP contribution in [0.25, 0.3) is 0 Å². The first-order valence-corrected chi connectivity index (χ1v) is 9.61. The van der Waals surface area contributed by atoms with Crippen LogP contribution in [-0.2, 0) is 20.9 Å². The molecule has 0 heterocycles. The number of para-hydroxylation sites is 1. The highest BCUT2D eigenvalue weighted by Gasteiger charge is 2.17. The van der Waals surface area contributed by atoms with Crippen molar-refractivity contribution in [3.63, 3.8) is 0 Å². The lowest BCUT2D eigenvalue weighted by atomic mass is 10.1. The van der Waals surface area contributed by atoms with Gasteiger partial charge in [-0.2, -0.15) is 0 Å². The molecule has 2 rings (SSSR count). The van der Waals surface area contributed by atoms with E-state index in [1.54, 1.807) is 24.3 Å². The summed E-state index contributed by atoms with van der Waals surface area (Å²) in [6, 6.07) is 14.4. The summed E-state index contributed by atoms with van der Waals surface area (Å²) in [6.07, 6.45) is 0.616. The number of carbonyl (C=O) groups is 3. The largest absolute Gasteiger partial charge is 0.382 e. The Kier molecular flexibility index (Phi) is 8.85. The topological polar surface area (TPSA) is 96.5 Å². The monoisotopic (exact) mass is 397 g/mol. The molecule has 7 heteroatoms. The summed E-state index contributed by atoms with van der Waals surface area (Å²) < 4.78 is 5.18. The van der Waals surface area contributed by atoms with Gasteiger partial charge in [0, 0.05) is 26.3 Å². The zero-order chi connectivity index (χ0) is 21.1. The van der Waals surface area contributed by atoms with Crippen LogP contribution in [0.4, 0.5) is 5.69 Å². The molecule has 2 aromatic rings. The third-order valence-corrected chi connectivity index (χ3v) is 4.15. The van der Waals surface area contributed by atoms with Crippen molar-refractivity contribution in [2.75, 3.05) is 25.1 Å². The van der Waals surface area contributed by atoms with Crippen LogP contribution in [0.5, 0.6) is 0 Å². The Labute approximate surface area is 170 Å². The van der Waals surface area contributed by atoms with E-state index in [0.29, 0.717) is 32.7 Å². The van der Waals surface area contributed by atoms with Crippen LogP contribution in [0.15, 0.2) is 48.5 Å². The van der Waals surface area contributed by atoms with Crippen molar-refractivity contribution in [2.45, 2.75) is 26.8 Å². The molecule has 0 fully saturated rings. The van der Waals surface area contributed by atoms with E-state index in [9.17, 15) is 14.4 Å². The van der Waals surface area contributed by atoms with Gasteiger partial charge in [0.2, 0.25) is 0 Å². The fraction of sp³-hybridized carbons (Fsp3) is 0.318. The highest BCUT2D eigenvalue weighted by molar-refractivity contribution is 6.40. The predicted octanol–water partition coefficient (Wildman–Crippen LogP) is 2.41. The molecule has 3 amide bonds. The van der Waals surface area contributed by atoms with Crippen molar-refractivity contribution in [1.82, 2.24) is 10.6 Å². The maximum absolute atomic E-state index is 12.6. The van der Waals surface area contributed by atoms with E-state index in [1.165, 1.54) is 0 Å². The van der Waals surface area contributed by atoms with Gasteiger partial charge in [-0.25, -0.2) is 0 Å². The Hall–Kier alpha value is -3.19. The molecule has 0 saturated heterocycles. The summed E-state index contributed by atoms with van der Waals surface area (Å²) in [4.78, 5) is 36.6. The number of hydrogen-bond acceptors (Lipinski definition) is 4. The van der Waals surface area contributed by atoms with Crippen molar-refractivity contribution in [2.24, 2.45) is 0 Å². The highest BCUT2D eigenvalue weighted by Crippen LogP contribution is 2.15. The van der Waals surface area contributed by atoms with E-state index < -0.39 is 11.8 Å². The molecule has 154 valence electrons. The summed E-state index contributed by atoms with van der Waals surface area (Å²) >= 11 is 0. The normalized spacial score (nSPS) is 10.3. The van der Waals surface area contributed by atoms with E-state index in [-0.39, 0.29) is 17.2 Å². The van der Waals surface area contributed by atoms with Crippen LogP contribution >= 0.6 is 0 Å². The molecule has 0 unspecified atom stereocenters. The zero-order valence-electron chi connectivity index (χ0n) is 16.8. The van der Waals surface area contributed by atoms with E-state index in [0.717, 1.165) is 11.1 Å². The molecule has 2 aromatic carbocycles. The van der Waals surface area contributed by atoms with Crippen molar-refractivity contribution in [1.29, 1.82) is 0 Å². The van der Waals surface area contributed by atoms with E-state index >= 15 is 0 Å². The number of benzene rings is 2. The van der Waals surface area contributed by atoms with Gasteiger partial charge in [0.15, 0.2) is 0 Å². The molecule has 0 aliphatic carbocycles. The van der Waals surface area contributed by atoms with Crippen molar-refractivity contribution >= 4 is 23.4 Å². The average Bonchev–Trinajstić information content (AvgIpc) is 2.73. The summed E-state index contributed by atoms with van der Waals surface area (Å²) in [5, 5.41) is 7.86. The van der Waals surface area contributed by atoms with Crippen molar-refractivity contribution in [3.05, 3.63) is 65.2 Å². The Morgan fingerprint density at radius 3 is 2.38 bits per heavy atom. The molecule has 0 aliphatic rings. The molecule has 0 spiro atoms. The number of ether oxygens (including phenoxy) is 1. The minimum absolute atomic E-state index is 0.281. The summed E-state index contributed by atoms with van der Waals surface area (Å²) in [5.41, 5.74) is 2.68. The number of anilines is 1. The van der Waals surface area contributed by atoms with Gasteiger partial charge in [0.1, 0.15) is 0 Å². The Bertz CT molecular complexity index is 834. The third-order valence-electron chi connectivity index (χ3n) is 4.15. The maximum atomic E-state index is 12.6. The van der Waals surface area contributed by atoms with Gasteiger partial charge in [-0.15, -0.1) is 0 Å². The van der Waals surface area contributed by atoms with Crippen LogP contribution in [0.1, 0.15) is 34.8 Å². The van der Waals surface area contributed by atoms with Crippen molar-refractivity contribution < 1.29 is 19.1 Å². The van der Waals surface area contributed by atoms with E-state index in [4.69, 9.17) is 4.74 Å². The van der Waals surface area contributed by atoms with Gasteiger partial charge >= 0.3 is 11.8 Å². The molecular weight excluding hydrogens is 370 g/mol. The second-order valence-electron chi connectivity index (χ2n) is 6.47. The molecule has 0 radical (unpaired) electrons. The number of aryl methyl sites for hydroxylation is 1. The molecule has 0 saturated carbocycles. The van der Waals surface area contributed by atoms with Gasteiger partial charge < -0.3 is 20.7 Å². The predicted molar refractivity (Wildman–Crippen MR) is 112 cm³/mol. The third kappa shape index (κ3) is 7.38. The number of carbonyl (C=O) groups excluding carboxylic acids is 3. The van der Waals surface area contributed by atoms with Gasteiger partial charge in [-0.3, -0.25) is 14.4 Å². The molecule has 0 aliphatic heterocycles. The molecule has 0 bridgehead atoms. The lowest BCUT2D eigenvalue weighted by Gasteiger charge is -2.12. The Morgan fingerprint density at radius 1 is 0.931 bits per heavy atom. The molecule has 0 aromatic heterocycles. The molecule has 29 heavy (non-hydrogen) atoms. The number of hydrogen-bond donors (Lipinski definition) is 3. The lowest BCUT2D eigenvalue weighted by molar-refractivity contribution is -0.136. The van der Waals surface area contributed by atoms with Gasteiger partial charge in [0.25, 0.3) is 5.91 Å². The number of amides is 3. The smallest absolute Gasteiger partial charge is 0.313 e. The molecular formula is C22H27N3O4. The van der Waals surface area contributed by atoms with Gasteiger partial charge in [-0.1, -0.05) is 42.0 Å². The lowest BCUT2D eigenvalue weighted by Crippen LogP contribution is -2.36. The van der Waals surface area contributed by atoms with Crippen LogP contribution in [0.3, 0.4) is 0 Å². The summed E-state index contributed by atoms with van der Waals surface area (Å²) in [6.45, 7) is 5.71. The van der Waals surface area contributed by atoms with Crippen LogP contribution in [0, 0.1) is 6.92 Å². The number of rotatable bonds is 9. The van der Waals surface area contributed by atoms with E-state index in [2.05, 4.69) is 16.0 Å². The first-order chi connectivity index (χ1) is 14.0. The fourth-order valence-electron chi connectivity index (χ4n) is 2.55. The quantitative estimate of drug-likeness (QED) is 0.447. The molecule has 3 N–H and O–H groups in total. The maximum Gasteiger partial charge on any atom is 0.313 e. The highest BCUT2D eigenvalue weighted by atomic mass is 16.5. The first-order valence-electron chi connectivity index (χ1n) is 9.61. The SMILES string of the molecule is CCOCCCNC(=O)C(=O)Nc1ccccc1C(=O)NCc1ccc(C)cc1. The van der Waals surface area contributed by atoms with Gasteiger partial charge in [0.05, 0.1) is 11.3 Å².